The fraction of sp³-hybridized carbons (Fsp3) is 0.308. The van der Waals surface area contributed by atoms with E-state index >= 15 is 0 Å². The maximum Gasteiger partial charge on any atom is 0.143 e. The molecule has 3 nitrogen and oxygen atoms in total. The zero-order valence-corrected chi connectivity index (χ0v) is 10.8. The first-order valence-corrected chi connectivity index (χ1v) is 6.10. The predicted octanol–water partition coefficient (Wildman–Crippen LogP) is 3.43. The lowest BCUT2D eigenvalue weighted by Crippen LogP contribution is -2.11. The lowest BCUT2D eigenvalue weighted by Gasteiger charge is -2.11. The molecule has 0 radical (unpaired) electrons. The molecule has 1 aromatic heterocycles. The lowest BCUT2D eigenvalue weighted by molar-refractivity contribution is 0.917. The van der Waals surface area contributed by atoms with E-state index in [0.29, 0.717) is 0 Å². The van der Waals surface area contributed by atoms with E-state index in [2.05, 4.69) is 23.4 Å². The van der Waals surface area contributed by atoms with Gasteiger partial charge in [-0.15, -0.1) is 0 Å². The van der Waals surface area contributed by atoms with Gasteiger partial charge in [-0.05, 0) is 36.6 Å². The Bertz CT molecular complexity index is 552. The van der Waals surface area contributed by atoms with Gasteiger partial charge in [-0.2, -0.15) is 0 Å². The van der Waals surface area contributed by atoms with E-state index in [9.17, 15) is 0 Å². The van der Waals surface area contributed by atoms with Crippen LogP contribution in [-0.4, -0.2) is 4.98 Å². The third kappa shape index (κ3) is 2.21. The van der Waals surface area contributed by atoms with Crippen LogP contribution in [0.4, 0.5) is 5.82 Å². The largest absolute Gasteiger partial charge is 0.308 e. The minimum atomic E-state index is 0.735. The van der Waals surface area contributed by atoms with Gasteiger partial charge >= 0.3 is 0 Å². The monoisotopic (exact) mass is 249 g/mol. The van der Waals surface area contributed by atoms with Gasteiger partial charge in [0.15, 0.2) is 0 Å². The van der Waals surface area contributed by atoms with E-state index in [0.717, 1.165) is 45.7 Å². The van der Waals surface area contributed by atoms with Crippen molar-refractivity contribution in [2.24, 2.45) is 5.84 Å². The number of hydrogen-bond donors (Lipinski definition) is 2. The number of rotatable bonds is 3. The van der Waals surface area contributed by atoms with Crippen LogP contribution >= 0.6 is 11.6 Å². The van der Waals surface area contributed by atoms with Gasteiger partial charge in [0.05, 0.1) is 5.52 Å². The number of aryl methyl sites for hydroxylation is 2. The van der Waals surface area contributed by atoms with Crippen LogP contribution in [0.25, 0.3) is 10.9 Å². The minimum Gasteiger partial charge on any atom is -0.308 e. The van der Waals surface area contributed by atoms with E-state index in [1.165, 1.54) is 0 Å². The predicted molar refractivity (Wildman–Crippen MR) is 73.3 cm³/mol. The molecular weight excluding hydrogens is 234 g/mol. The molecule has 0 aliphatic carbocycles. The van der Waals surface area contributed by atoms with E-state index in [4.69, 9.17) is 17.4 Å². The van der Waals surface area contributed by atoms with Crippen LogP contribution in [0.3, 0.4) is 0 Å². The van der Waals surface area contributed by atoms with Gasteiger partial charge in [-0.1, -0.05) is 31.0 Å². The van der Waals surface area contributed by atoms with E-state index in [1.54, 1.807) is 0 Å². The number of anilines is 1. The smallest absolute Gasteiger partial charge is 0.143 e. The minimum absolute atomic E-state index is 0.735. The number of nitrogens with one attached hydrogen (secondary N) is 1. The van der Waals surface area contributed by atoms with Crippen LogP contribution < -0.4 is 11.3 Å². The molecule has 0 unspecified atom stereocenters. The molecule has 0 aliphatic rings. The van der Waals surface area contributed by atoms with Gasteiger partial charge in [0.2, 0.25) is 0 Å². The summed E-state index contributed by atoms with van der Waals surface area (Å²) in [7, 11) is 0. The Labute approximate surface area is 106 Å². The number of fused-ring (bicyclic) bond motifs is 1. The summed E-state index contributed by atoms with van der Waals surface area (Å²) >= 11 is 6.21. The first-order valence-electron chi connectivity index (χ1n) is 5.72. The molecule has 0 amide bonds. The number of hydrogen-bond acceptors (Lipinski definition) is 3. The molecular formula is C13H16ClN3. The highest BCUT2D eigenvalue weighted by atomic mass is 35.5. The fourth-order valence-electron chi connectivity index (χ4n) is 1.99. The Morgan fingerprint density at radius 1 is 1.41 bits per heavy atom. The summed E-state index contributed by atoms with van der Waals surface area (Å²) in [4.78, 5) is 4.55. The first-order chi connectivity index (χ1) is 8.17. The van der Waals surface area contributed by atoms with Crippen molar-refractivity contribution in [2.45, 2.75) is 26.7 Å². The molecule has 17 heavy (non-hydrogen) atoms. The van der Waals surface area contributed by atoms with E-state index in [1.807, 2.05) is 19.1 Å². The van der Waals surface area contributed by atoms with Crippen molar-refractivity contribution in [1.82, 2.24) is 4.98 Å². The summed E-state index contributed by atoms with van der Waals surface area (Å²) in [5.74, 6) is 6.26. The zero-order chi connectivity index (χ0) is 12.4. The number of aromatic nitrogens is 1. The number of nitrogen functional groups attached to an aromatic ring is 1. The Morgan fingerprint density at radius 2 is 2.18 bits per heavy atom. The van der Waals surface area contributed by atoms with Crippen molar-refractivity contribution in [3.05, 3.63) is 34.3 Å². The Hall–Kier alpha value is -1.32. The Kier molecular flexibility index (Phi) is 3.50. The molecule has 3 N–H and O–H groups in total. The molecule has 90 valence electrons. The maximum atomic E-state index is 6.21. The molecule has 0 atom stereocenters. The summed E-state index contributed by atoms with van der Waals surface area (Å²) in [6, 6.07) is 5.96. The highest BCUT2D eigenvalue weighted by molar-refractivity contribution is 6.35. The van der Waals surface area contributed by atoms with Gasteiger partial charge < -0.3 is 5.43 Å². The van der Waals surface area contributed by atoms with Gasteiger partial charge in [0.25, 0.3) is 0 Å². The van der Waals surface area contributed by atoms with Gasteiger partial charge in [-0.3, -0.25) is 0 Å². The molecule has 0 saturated carbocycles. The summed E-state index contributed by atoms with van der Waals surface area (Å²) in [6.07, 6.45) is 1.98. The number of nitrogens with zero attached hydrogens (tertiary/aromatic N) is 1. The summed E-state index contributed by atoms with van der Waals surface area (Å²) < 4.78 is 0. The standard InChI is InChI=1S/C13H16ClN3/c1-3-4-9-7-10-11(14)6-5-8(2)12(10)16-13(9)17-15/h5-7H,3-4,15H2,1-2H3,(H,16,17). The van der Waals surface area contributed by atoms with Crippen LogP contribution in [0.15, 0.2) is 18.2 Å². The number of halogens is 1. The lowest BCUT2D eigenvalue weighted by atomic mass is 10.1. The van der Waals surface area contributed by atoms with Crippen molar-refractivity contribution < 1.29 is 0 Å². The fourth-order valence-corrected chi connectivity index (χ4v) is 2.20. The normalized spacial score (nSPS) is 10.8. The van der Waals surface area contributed by atoms with E-state index in [-0.39, 0.29) is 0 Å². The highest BCUT2D eigenvalue weighted by Crippen LogP contribution is 2.29. The van der Waals surface area contributed by atoms with Crippen LogP contribution in [0.1, 0.15) is 24.5 Å². The second-order valence-corrected chi connectivity index (χ2v) is 4.56. The second-order valence-electron chi connectivity index (χ2n) is 4.15. The van der Waals surface area contributed by atoms with Gasteiger partial charge in [0, 0.05) is 10.4 Å². The molecule has 1 heterocycles. The molecule has 0 aliphatic heterocycles. The number of pyridine rings is 1. The molecule has 0 saturated heterocycles. The van der Waals surface area contributed by atoms with Crippen molar-refractivity contribution in [3.63, 3.8) is 0 Å². The molecule has 2 aromatic rings. The average Bonchev–Trinajstić information content (AvgIpc) is 2.34. The van der Waals surface area contributed by atoms with Gasteiger partial charge in [-0.25, -0.2) is 10.8 Å². The molecule has 0 spiro atoms. The highest BCUT2D eigenvalue weighted by Gasteiger charge is 2.09. The number of nitrogens with two attached hydrogens (primary N) is 1. The van der Waals surface area contributed by atoms with E-state index < -0.39 is 0 Å². The zero-order valence-electron chi connectivity index (χ0n) is 10.0. The van der Waals surface area contributed by atoms with Crippen molar-refractivity contribution >= 4 is 28.3 Å². The molecule has 0 bridgehead atoms. The summed E-state index contributed by atoms with van der Waals surface area (Å²) in [5, 5.41) is 1.73. The van der Waals surface area contributed by atoms with Crippen LogP contribution in [0.2, 0.25) is 5.02 Å². The summed E-state index contributed by atoms with van der Waals surface area (Å²) in [5.41, 5.74) is 5.78. The molecule has 1 aromatic carbocycles. The van der Waals surface area contributed by atoms with Crippen LogP contribution in [0.5, 0.6) is 0 Å². The maximum absolute atomic E-state index is 6.21. The second kappa shape index (κ2) is 4.90. The Balaban J connectivity index is 2.73. The van der Waals surface area contributed by atoms with Crippen molar-refractivity contribution in [2.75, 3.05) is 5.43 Å². The van der Waals surface area contributed by atoms with Crippen LogP contribution in [-0.2, 0) is 6.42 Å². The average molecular weight is 250 g/mol. The molecule has 2 rings (SSSR count). The topological polar surface area (TPSA) is 50.9 Å². The summed E-state index contributed by atoms with van der Waals surface area (Å²) in [6.45, 7) is 4.15. The van der Waals surface area contributed by atoms with Crippen molar-refractivity contribution in [1.29, 1.82) is 0 Å². The van der Waals surface area contributed by atoms with Crippen LogP contribution in [0, 0.1) is 6.92 Å². The quantitative estimate of drug-likeness (QED) is 0.647. The molecule has 0 fully saturated rings. The Morgan fingerprint density at radius 3 is 2.82 bits per heavy atom. The van der Waals surface area contributed by atoms with Gasteiger partial charge in [0.1, 0.15) is 5.82 Å². The third-order valence-corrected chi connectivity index (χ3v) is 3.20. The number of benzene rings is 1. The first kappa shape index (κ1) is 12.1. The molecule has 4 heteroatoms. The third-order valence-electron chi connectivity index (χ3n) is 2.87. The van der Waals surface area contributed by atoms with Crippen molar-refractivity contribution in [3.8, 4) is 0 Å². The SMILES string of the molecule is CCCc1cc2c(Cl)ccc(C)c2nc1NN. The number of hydrazine groups is 1.